The van der Waals surface area contributed by atoms with Crippen molar-refractivity contribution in [1.82, 2.24) is 9.88 Å². The van der Waals surface area contributed by atoms with Gasteiger partial charge in [-0.3, -0.25) is 9.78 Å². The third kappa shape index (κ3) is 2.71. The van der Waals surface area contributed by atoms with Gasteiger partial charge in [0.1, 0.15) is 0 Å². The molecule has 1 aliphatic carbocycles. The Labute approximate surface area is 119 Å². The molecule has 5 heteroatoms. The molecule has 1 aromatic heterocycles. The highest BCUT2D eigenvalue weighted by Crippen LogP contribution is 2.30. The molecule has 1 aliphatic heterocycles. The summed E-state index contributed by atoms with van der Waals surface area (Å²) in [7, 11) is 0. The number of carbonyl (C=O) groups excluding carboxylic acids is 1. The van der Waals surface area contributed by atoms with Gasteiger partial charge < -0.3 is 15.5 Å². The molecular weight excluding hydrogens is 252 g/mol. The molecule has 1 saturated carbocycles. The van der Waals surface area contributed by atoms with Gasteiger partial charge in [-0.1, -0.05) is 6.42 Å². The number of rotatable bonds is 3. The molecule has 0 bridgehead atoms. The highest BCUT2D eigenvalue weighted by Gasteiger charge is 2.26. The summed E-state index contributed by atoms with van der Waals surface area (Å²) in [6.07, 6.45) is 7.96. The molecule has 2 fully saturated rings. The van der Waals surface area contributed by atoms with Crippen molar-refractivity contribution in [2.24, 2.45) is 5.92 Å². The van der Waals surface area contributed by atoms with E-state index in [1.165, 1.54) is 19.3 Å². The van der Waals surface area contributed by atoms with Crippen LogP contribution in [0, 0.1) is 5.92 Å². The van der Waals surface area contributed by atoms with Gasteiger partial charge in [0.2, 0.25) is 5.91 Å². The first-order valence-electron chi connectivity index (χ1n) is 7.46. The Balaban J connectivity index is 1.54. The second-order valence-electron chi connectivity index (χ2n) is 5.80. The zero-order valence-corrected chi connectivity index (χ0v) is 11.8. The molecule has 1 amide bonds. The van der Waals surface area contributed by atoms with Crippen LogP contribution in [0.1, 0.15) is 25.7 Å². The van der Waals surface area contributed by atoms with Crippen molar-refractivity contribution >= 4 is 17.3 Å². The van der Waals surface area contributed by atoms with Gasteiger partial charge in [0.15, 0.2) is 0 Å². The highest BCUT2D eigenvalue weighted by atomic mass is 16.2. The van der Waals surface area contributed by atoms with E-state index >= 15 is 0 Å². The zero-order chi connectivity index (χ0) is 13.9. The molecule has 0 atom stereocenters. The van der Waals surface area contributed by atoms with Crippen molar-refractivity contribution in [3.63, 3.8) is 0 Å². The van der Waals surface area contributed by atoms with Gasteiger partial charge in [-0.2, -0.15) is 0 Å². The summed E-state index contributed by atoms with van der Waals surface area (Å²) in [6.45, 7) is 3.30. The summed E-state index contributed by atoms with van der Waals surface area (Å²) in [5, 5.41) is 0. The Morgan fingerprint density at radius 3 is 2.65 bits per heavy atom. The fraction of sp³-hybridized carbons (Fsp3) is 0.600. The predicted molar refractivity (Wildman–Crippen MR) is 79.4 cm³/mol. The average molecular weight is 274 g/mol. The molecule has 2 heterocycles. The number of piperazine rings is 1. The lowest BCUT2D eigenvalue weighted by Crippen LogP contribution is -2.49. The van der Waals surface area contributed by atoms with Gasteiger partial charge in [-0.25, -0.2) is 0 Å². The van der Waals surface area contributed by atoms with Crippen LogP contribution < -0.4 is 10.6 Å². The molecular formula is C15H22N4O. The van der Waals surface area contributed by atoms with E-state index in [1.54, 1.807) is 12.4 Å². The number of nitrogens with two attached hydrogens (primary N) is 1. The molecule has 2 aliphatic rings. The number of anilines is 2. The largest absolute Gasteiger partial charge is 0.396 e. The van der Waals surface area contributed by atoms with E-state index in [9.17, 15) is 4.79 Å². The van der Waals surface area contributed by atoms with Gasteiger partial charge in [0, 0.05) is 38.8 Å². The summed E-state index contributed by atoms with van der Waals surface area (Å²) < 4.78 is 0. The van der Waals surface area contributed by atoms with Crippen LogP contribution in [-0.2, 0) is 4.79 Å². The van der Waals surface area contributed by atoms with E-state index in [2.05, 4.69) is 9.88 Å². The number of nitrogen functional groups attached to an aromatic ring is 1. The standard InChI is InChI=1S/C15H22N4O/c16-13-11-17-5-4-14(13)18-6-8-19(9-7-18)15(20)10-12-2-1-3-12/h4-5,11-12H,1-3,6-10,16H2. The Bertz CT molecular complexity index is 479. The molecule has 2 N–H and O–H groups in total. The van der Waals surface area contributed by atoms with Crippen LogP contribution >= 0.6 is 0 Å². The first-order chi connectivity index (χ1) is 9.74. The first-order valence-corrected chi connectivity index (χ1v) is 7.46. The number of amides is 1. The summed E-state index contributed by atoms with van der Waals surface area (Å²) in [6, 6.07) is 1.95. The molecule has 108 valence electrons. The van der Waals surface area contributed by atoms with Crippen LogP contribution in [0.3, 0.4) is 0 Å². The van der Waals surface area contributed by atoms with Crippen LogP contribution in [-0.4, -0.2) is 42.0 Å². The Morgan fingerprint density at radius 1 is 1.30 bits per heavy atom. The Morgan fingerprint density at radius 2 is 2.05 bits per heavy atom. The van der Waals surface area contributed by atoms with Crippen molar-refractivity contribution in [1.29, 1.82) is 0 Å². The van der Waals surface area contributed by atoms with Crippen LogP contribution in [0.4, 0.5) is 11.4 Å². The van der Waals surface area contributed by atoms with Gasteiger partial charge >= 0.3 is 0 Å². The molecule has 0 radical (unpaired) electrons. The minimum Gasteiger partial charge on any atom is -0.396 e. The maximum Gasteiger partial charge on any atom is 0.222 e. The summed E-state index contributed by atoms with van der Waals surface area (Å²) in [5.41, 5.74) is 7.70. The smallest absolute Gasteiger partial charge is 0.222 e. The molecule has 1 saturated heterocycles. The number of pyridine rings is 1. The second-order valence-corrected chi connectivity index (χ2v) is 5.80. The number of aromatic nitrogens is 1. The van der Waals surface area contributed by atoms with E-state index in [1.807, 2.05) is 11.0 Å². The van der Waals surface area contributed by atoms with E-state index in [4.69, 9.17) is 5.73 Å². The molecule has 0 aromatic carbocycles. The molecule has 20 heavy (non-hydrogen) atoms. The fourth-order valence-corrected chi connectivity index (χ4v) is 2.96. The van der Waals surface area contributed by atoms with E-state index in [-0.39, 0.29) is 0 Å². The maximum atomic E-state index is 12.2. The van der Waals surface area contributed by atoms with Crippen molar-refractivity contribution in [3.8, 4) is 0 Å². The summed E-state index contributed by atoms with van der Waals surface area (Å²) >= 11 is 0. The van der Waals surface area contributed by atoms with Crippen LogP contribution in [0.2, 0.25) is 0 Å². The SMILES string of the molecule is Nc1cnccc1N1CCN(C(=O)CC2CCC2)CC1. The third-order valence-electron chi connectivity index (χ3n) is 4.49. The van der Waals surface area contributed by atoms with Crippen molar-refractivity contribution in [2.75, 3.05) is 36.8 Å². The summed E-state index contributed by atoms with van der Waals surface area (Å²) in [5.74, 6) is 0.980. The molecule has 1 aromatic rings. The highest BCUT2D eigenvalue weighted by molar-refractivity contribution is 5.77. The van der Waals surface area contributed by atoms with Gasteiger partial charge in [-0.05, 0) is 24.8 Å². The average Bonchev–Trinajstić information content (AvgIpc) is 2.43. The van der Waals surface area contributed by atoms with Gasteiger partial charge in [-0.15, -0.1) is 0 Å². The molecule has 0 unspecified atom stereocenters. The van der Waals surface area contributed by atoms with Crippen LogP contribution in [0.5, 0.6) is 0 Å². The van der Waals surface area contributed by atoms with E-state index in [0.717, 1.165) is 38.3 Å². The van der Waals surface area contributed by atoms with Crippen LogP contribution in [0.15, 0.2) is 18.5 Å². The summed E-state index contributed by atoms with van der Waals surface area (Å²) in [4.78, 5) is 20.4. The fourth-order valence-electron chi connectivity index (χ4n) is 2.96. The van der Waals surface area contributed by atoms with Gasteiger partial charge in [0.25, 0.3) is 0 Å². The van der Waals surface area contributed by atoms with Crippen molar-refractivity contribution < 1.29 is 4.79 Å². The normalized spacial score (nSPS) is 19.8. The topological polar surface area (TPSA) is 62.5 Å². The number of nitrogens with zero attached hydrogens (tertiary/aromatic N) is 3. The monoisotopic (exact) mass is 274 g/mol. The number of hydrogen-bond acceptors (Lipinski definition) is 4. The molecule has 5 nitrogen and oxygen atoms in total. The van der Waals surface area contributed by atoms with Crippen molar-refractivity contribution in [3.05, 3.63) is 18.5 Å². The van der Waals surface area contributed by atoms with Crippen LogP contribution in [0.25, 0.3) is 0 Å². The number of carbonyl (C=O) groups is 1. The second kappa shape index (κ2) is 5.69. The minimum absolute atomic E-state index is 0.331. The van der Waals surface area contributed by atoms with E-state index in [0.29, 0.717) is 17.5 Å². The lowest BCUT2D eigenvalue weighted by Gasteiger charge is -2.37. The minimum atomic E-state index is 0.331. The number of hydrogen-bond donors (Lipinski definition) is 1. The third-order valence-corrected chi connectivity index (χ3v) is 4.49. The predicted octanol–water partition coefficient (Wildman–Crippen LogP) is 1.50. The van der Waals surface area contributed by atoms with E-state index < -0.39 is 0 Å². The zero-order valence-electron chi connectivity index (χ0n) is 11.8. The molecule has 3 rings (SSSR count). The lowest BCUT2D eigenvalue weighted by molar-refractivity contribution is -0.133. The van der Waals surface area contributed by atoms with Crippen molar-refractivity contribution in [2.45, 2.75) is 25.7 Å². The Kier molecular flexibility index (Phi) is 3.76. The maximum absolute atomic E-state index is 12.2. The molecule has 0 spiro atoms. The lowest BCUT2D eigenvalue weighted by atomic mass is 9.82. The Hall–Kier alpha value is -1.78. The first kappa shape index (κ1) is 13.2. The quantitative estimate of drug-likeness (QED) is 0.907. The van der Waals surface area contributed by atoms with Gasteiger partial charge in [0.05, 0.1) is 17.6 Å².